The molecule has 1 aromatic heterocycles. The molecule has 4 rings (SSSR count). The van der Waals surface area contributed by atoms with E-state index in [-0.39, 0.29) is 5.91 Å². The summed E-state index contributed by atoms with van der Waals surface area (Å²) in [6.45, 7) is 1.81. The molecule has 0 saturated heterocycles. The van der Waals surface area contributed by atoms with Crippen LogP contribution in [0.1, 0.15) is 37.5 Å². The summed E-state index contributed by atoms with van der Waals surface area (Å²) in [5.41, 5.74) is 4.92. The lowest BCUT2D eigenvalue weighted by Crippen LogP contribution is -2.24. The Balaban J connectivity index is 1.42. The summed E-state index contributed by atoms with van der Waals surface area (Å²) in [5.74, 6) is -0.129. The van der Waals surface area contributed by atoms with Crippen molar-refractivity contribution in [3.05, 3.63) is 81.4 Å². The van der Waals surface area contributed by atoms with Crippen molar-refractivity contribution in [2.75, 3.05) is 11.9 Å². The minimum Gasteiger partial charge on any atom is -0.312 e. The van der Waals surface area contributed by atoms with Crippen LogP contribution in [-0.4, -0.2) is 17.4 Å². The number of rotatable bonds is 4. The molecule has 2 N–H and O–H groups in total. The predicted octanol–water partition coefficient (Wildman–Crippen LogP) is 3.50. The third kappa shape index (κ3) is 4.05. The van der Waals surface area contributed by atoms with E-state index < -0.39 is 0 Å². The number of benzene rings is 2. The van der Waals surface area contributed by atoms with Crippen LogP contribution >= 0.6 is 11.3 Å². The zero-order valence-corrected chi connectivity index (χ0v) is 15.5. The second-order valence-corrected chi connectivity index (χ2v) is 7.60. The van der Waals surface area contributed by atoms with E-state index in [1.807, 2.05) is 42.5 Å². The van der Waals surface area contributed by atoms with Gasteiger partial charge in [0, 0.05) is 29.6 Å². The molecule has 0 bridgehead atoms. The van der Waals surface area contributed by atoms with E-state index in [9.17, 15) is 4.79 Å². The fourth-order valence-electron chi connectivity index (χ4n) is 3.13. The highest BCUT2D eigenvalue weighted by molar-refractivity contribution is 7.15. The third-order valence-electron chi connectivity index (χ3n) is 4.59. The van der Waals surface area contributed by atoms with Gasteiger partial charge in [0.25, 0.3) is 5.91 Å². The standard InChI is InChI=1S/C21H18N4OS/c22-11-15-3-1-14(2-4-15)9-19-13-24-21(27-19)25-20(26)17-5-6-18-12-23-8-7-16(18)10-17/h1-6,10,13,23H,7-9,12H2,(H,24,25,26). The maximum absolute atomic E-state index is 12.5. The van der Waals surface area contributed by atoms with Gasteiger partial charge in [-0.05, 0) is 53.9 Å². The van der Waals surface area contributed by atoms with Gasteiger partial charge in [0.1, 0.15) is 0 Å². The molecule has 0 radical (unpaired) electrons. The van der Waals surface area contributed by atoms with E-state index in [2.05, 4.69) is 21.7 Å². The molecule has 0 saturated carbocycles. The Hall–Kier alpha value is -3.01. The van der Waals surface area contributed by atoms with Crippen LogP contribution < -0.4 is 10.6 Å². The maximum Gasteiger partial charge on any atom is 0.257 e. The average Bonchev–Trinajstić information content (AvgIpc) is 3.15. The van der Waals surface area contributed by atoms with E-state index >= 15 is 0 Å². The van der Waals surface area contributed by atoms with E-state index in [1.54, 1.807) is 6.20 Å². The van der Waals surface area contributed by atoms with E-state index in [1.165, 1.54) is 22.5 Å². The quantitative estimate of drug-likeness (QED) is 0.733. The van der Waals surface area contributed by atoms with Crippen molar-refractivity contribution in [1.29, 1.82) is 5.26 Å². The number of nitrogens with zero attached hydrogens (tertiary/aromatic N) is 2. The van der Waals surface area contributed by atoms with E-state index in [0.717, 1.165) is 36.4 Å². The summed E-state index contributed by atoms with van der Waals surface area (Å²) in [4.78, 5) is 17.9. The fraction of sp³-hybridized carbons (Fsp3) is 0.190. The number of nitriles is 1. The number of amides is 1. The van der Waals surface area contributed by atoms with Gasteiger partial charge in [-0.3, -0.25) is 10.1 Å². The number of hydrogen-bond acceptors (Lipinski definition) is 5. The normalized spacial score (nSPS) is 12.9. The first-order chi connectivity index (χ1) is 13.2. The van der Waals surface area contributed by atoms with Crippen molar-refractivity contribution in [3.8, 4) is 6.07 Å². The van der Waals surface area contributed by atoms with Crippen molar-refractivity contribution >= 4 is 22.4 Å². The fourth-order valence-corrected chi connectivity index (χ4v) is 3.97. The number of hydrogen-bond donors (Lipinski definition) is 2. The summed E-state index contributed by atoms with van der Waals surface area (Å²) >= 11 is 1.47. The topological polar surface area (TPSA) is 77.8 Å². The lowest BCUT2D eigenvalue weighted by atomic mass is 9.98. The van der Waals surface area contributed by atoms with Crippen LogP contribution in [0.2, 0.25) is 0 Å². The van der Waals surface area contributed by atoms with Crippen LogP contribution in [0.25, 0.3) is 0 Å². The van der Waals surface area contributed by atoms with E-state index in [0.29, 0.717) is 16.3 Å². The molecule has 0 spiro atoms. The Morgan fingerprint density at radius 3 is 2.89 bits per heavy atom. The molecular weight excluding hydrogens is 356 g/mol. The Kier molecular flexibility index (Phi) is 4.97. The van der Waals surface area contributed by atoms with Crippen LogP contribution in [0, 0.1) is 11.3 Å². The molecule has 6 heteroatoms. The van der Waals surface area contributed by atoms with Crippen molar-refractivity contribution in [1.82, 2.24) is 10.3 Å². The minimum atomic E-state index is -0.129. The number of aromatic nitrogens is 1. The number of fused-ring (bicyclic) bond motifs is 1. The predicted molar refractivity (Wildman–Crippen MR) is 106 cm³/mol. The molecule has 3 aromatic rings. The van der Waals surface area contributed by atoms with Gasteiger partial charge in [-0.2, -0.15) is 5.26 Å². The Morgan fingerprint density at radius 1 is 1.22 bits per heavy atom. The second-order valence-electron chi connectivity index (χ2n) is 6.48. The smallest absolute Gasteiger partial charge is 0.257 e. The number of nitrogens with one attached hydrogen (secondary N) is 2. The molecule has 0 fully saturated rings. The van der Waals surface area contributed by atoms with Gasteiger partial charge < -0.3 is 5.32 Å². The summed E-state index contributed by atoms with van der Waals surface area (Å²) in [6.07, 6.45) is 3.46. The lowest BCUT2D eigenvalue weighted by molar-refractivity contribution is 0.102. The van der Waals surface area contributed by atoms with Crippen LogP contribution in [0.15, 0.2) is 48.7 Å². The lowest BCUT2D eigenvalue weighted by Gasteiger charge is -2.17. The SMILES string of the molecule is N#Cc1ccc(Cc2cnc(NC(=O)c3ccc4c(c3)CCNC4)s2)cc1. The summed E-state index contributed by atoms with van der Waals surface area (Å²) in [5, 5.41) is 15.7. The molecule has 2 heterocycles. The van der Waals surface area contributed by atoms with Crippen molar-refractivity contribution < 1.29 is 4.79 Å². The zero-order valence-electron chi connectivity index (χ0n) is 14.7. The summed E-state index contributed by atoms with van der Waals surface area (Å²) < 4.78 is 0. The second kappa shape index (κ2) is 7.70. The van der Waals surface area contributed by atoms with Crippen LogP contribution in [0.3, 0.4) is 0 Å². The van der Waals surface area contributed by atoms with Crippen molar-refractivity contribution in [2.45, 2.75) is 19.4 Å². The molecule has 1 aliphatic rings. The van der Waals surface area contributed by atoms with Crippen LogP contribution in [-0.2, 0) is 19.4 Å². The molecule has 134 valence electrons. The molecule has 0 unspecified atom stereocenters. The van der Waals surface area contributed by atoms with Crippen LogP contribution in [0.5, 0.6) is 0 Å². The van der Waals surface area contributed by atoms with Gasteiger partial charge in [-0.25, -0.2) is 4.98 Å². The maximum atomic E-state index is 12.5. The van der Waals surface area contributed by atoms with Crippen molar-refractivity contribution in [2.24, 2.45) is 0 Å². The Morgan fingerprint density at radius 2 is 2.07 bits per heavy atom. The molecule has 0 atom stereocenters. The highest BCUT2D eigenvalue weighted by Crippen LogP contribution is 2.23. The molecule has 0 aliphatic carbocycles. The van der Waals surface area contributed by atoms with Gasteiger partial charge in [-0.1, -0.05) is 18.2 Å². The van der Waals surface area contributed by atoms with Crippen molar-refractivity contribution in [3.63, 3.8) is 0 Å². The average molecular weight is 374 g/mol. The summed E-state index contributed by atoms with van der Waals surface area (Å²) in [6, 6.07) is 15.5. The first kappa shape index (κ1) is 17.4. The molecule has 1 amide bonds. The van der Waals surface area contributed by atoms with Gasteiger partial charge in [0.2, 0.25) is 0 Å². The highest BCUT2D eigenvalue weighted by Gasteiger charge is 2.14. The first-order valence-corrected chi connectivity index (χ1v) is 9.60. The number of thiazole rings is 1. The minimum absolute atomic E-state index is 0.129. The summed E-state index contributed by atoms with van der Waals surface area (Å²) in [7, 11) is 0. The Labute approximate surface area is 161 Å². The monoisotopic (exact) mass is 374 g/mol. The molecule has 2 aromatic carbocycles. The van der Waals surface area contributed by atoms with Gasteiger partial charge in [-0.15, -0.1) is 11.3 Å². The van der Waals surface area contributed by atoms with Gasteiger partial charge in [0.15, 0.2) is 5.13 Å². The molecule has 27 heavy (non-hydrogen) atoms. The zero-order chi connectivity index (χ0) is 18.6. The van der Waals surface area contributed by atoms with Gasteiger partial charge >= 0.3 is 0 Å². The number of carbonyl (C=O) groups excluding carboxylic acids is 1. The first-order valence-electron chi connectivity index (χ1n) is 8.79. The molecular formula is C21H18N4OS. The number of carbonyl (C=O) groups is 1. The Bertz CT molecular complexity index is 1020. The third-order valence-corrected chi connectivity index (χ3v) is 5.50. The molecule has 5 nitrogen and oxygen atoms in total. The van der Waals surface area contributed by atoms with E-state index in [4.69, 9.17) is 5.26 Å². The van der Waals surface area contributed by atoms with Gasteiger partial charge in [0.05, 0.1) is 11.6 Å². The highest BCUT2D eigenvalue weighted by atomic mass is 32.1. The van der Waals surface area contributed by atoms with Crippen LogP contribution in [0.4, 0.5) is 5.13 Å². The number of anilines is 1. The molecule has 1 aliphatic heterocycles. The largest absolute Gasteiger partial charge is 0.312 e.